The quantitative estimate of drug-likeness (QED) is 0.305. The maximum Gasteiger partial charge on any atom is 0.254 e. The van der Waals surface area contributed by atoms with Gasteiger partial charge in [0.2, 0.25) is 5.91 Å². The number of carbonyl (C=O) groups excluding carboxylic acids is 2. The minimum absolute atomic E-state index is 0.0118. The Hall–Kier alpha value is -3.92. The molecule has 3 aromatic heterocycles. The number of likely N-dealkylation sites (tertiary alicyclic amines) is 1. The summed E-state index contributed by atoms with van der Waals surface area (Å²) in [6.07, 6.45) is 6.81. The van der Waals surface area contributed by atoms with Crippen molar-refractivity contribution in [1.82, 2.24) is 29.3 Å². The number of pyridine rings is 1. The van der Waals surface area contributed by atoms with Crippen LogP contribution in [-0.4, -0.2) is 61.6 Å². The number of imidazole rings is 1. The Bertz CT molecular complexity index is 1750. The van der Waals surface area contributed by atoms with Gasteiger partial charge in [-0.25, -0.2) is 9.97 Å². The Morgan fingerprint density at radius 2 is 1.84 bits per heavy atom. The van der Waals surface area contributed by atoms with E-state index in [0.29, 0.717) is 23.4 Å². The van der Waals surface area contributed by atoms with Crippen LogP contribution < -0.4 is 15.8 Å². The van der Waals surface area contributed by atoms with Gasteiger partial charge in [-0.1, -0.05) is 33.1 Å². The predicted octanol–water partition coefficient (Wildman–Crippen LogP) is 5.72. The van der Waals surface area contributed by atoms with Gasteiger partial charge in [-0.3, -0.25) is 9.59 Å². The van der Waals surface area contributed by atoms with Crippen LogP contribution in [0.15, 0.2) is 30.3 Å². The van der Waals surface area contributed by atoms with Crippen LogP contribution in [-0.2, 0) is 18.4 Å². The van der Waals surface area contributed by atoms with E-state index in [1.807, 2.05) is 50.9 Å². The highest BCUT2D eigenvalue weighted by Crippen LogP contribution is 2.35. The second kappa shape index (κ2) is 12.1. The first kappa shape index (κ1) is 31.1. The fourth-order valence-electron chi connectivity index (χ4n) is 6.97. The first-order valence-electron chi connectivity index (χ1n) is 16.4. The van der Waals surface area contributed by atoms with Crippen molar-refractivity contribution in [3.05, 3.63) is 41.6 Å². The number of hydrogen-bond donors (Lipinski definition) is 2. The monoisotopic (exact) mass is 613 g/mol. The molecule has 0 radical (unpaired) electrons. The number of carbonyl (C=O) groups is 2. The van der Waals surface area contributed by atoms with E-state index in [9.17, 15) is 9.59 Å². The molecule has 0 saturated carbocycles. The second-order valence-corrected chi connectivity index (χ2v) is 13.8. The maximum absolute atomic E-state index is 13.7. The standard InChI is InChI=1S/C35H47N7O3/c1-21-11-13-25(36)20-42(21)33(43)24-17-27-30(29(19-24)45-6)40(5)32(39-27)28-18-23-12-14-26-22(2)37-34(44)35(3,4)15-9-7-8-10-16-41(28)31(23)38-26/h12,14,17-19,21-22,25H,7-11,13,15-16,20,36H2,1-6H3,(H,37,44)/t21-,22+,25+/m0/s1. The third kappa shape index (κ3) is 5.80. The Morgan fingerprint density at radius 3 is 2.62 bits per heavy atom. The van der Waals surface area contributed by atoms with Crippen LogP contribution in [0.3, 0.4) is 0 Å². The molecule has 0 unspecified atom stereocenters. The number of piperidine rings is 1. The summed E-state index contributed by atoms with van der Waals surface area (Å²) in [6, 6.07) is 9.84. The first-order valence-corrected chi connectivity index (χ1v) is 16.4. The van der Waals surface area contributed by atoms with Crippen LogP contribution in [0, 0.1) is 5.41 Å². The van der Waals surface area contributed by atoms with Crippen molar-refractivity contribution in [3.8, 4) is 17.3 Å². The number of fused-ring (bicyclic) bond motifs is 2. The average molecular weight is 614 g/mol. The molecule has 45 heavy (non-hydrogen) atoms. The van der Waals surface area contributed by atoms with E-state index in [-0.39, 0.29) is 29.9 Å². The minimum Gasteiger partial charge on any atom is -0.494 e. The number of nitrogens with one attached hydrogen (secondary N) is 1. The Morgan fingerprint density at radius 1 is 1.07 bits per heavy atom. The van der Waals surface area contributed by atoms with Gasteiger partial charge in [0.1, 0.15) is 16.9 Å². The number of amides is 2. The summed E-state index contributed by atoms with van der Waals surface area (Å²) in [5.41, 5.74) is 10.6. The van der Waals surface area contributed by atoms with Crippen molar-refractivity contribution in [1.29, 1.82) is 0 Å². The minimum atomic E-state index is -0.416. The van der Waals surface area contributed by atoms with Gasteiger partial charge in [-0.15, -0.1) is 0 Å². The van der Waals surface area contributed by atoms with Crippen molar-refractivity contribution in [3.63, 3.8) is 0 Å². The number of hydrogen-bond acceptors (Lipinski definition) is 6. The van der Waals surface area contributed by atoms with Gasteiger partial charge in [0.15, 0.2) is 5.82 Å². The highest BCUT2D eigenvalue weighted by atomic mass is 16.5. The SMILES string of the molecule is COc1cc(C(=O)N2C[C@H](N)CC[C@@H]2C)cc2nc(-c3cc4ccc5nc4n3CCCCCCC(C)(C)C(=O)N[C@@H]5C)n(C)c12. The summed E-state index contributed by atoms with van der Waals surface area (Å²) >= 11 is 0. The Labute approximate surface area is 265 Å². The average Bonchev–Trinajstić information content (AvgIpc) is 3.55. The van der Waals surface area contributed by atoms with Crippen LogP contribution in [0.1, 0.15) is 94.7 Å². The van der Waals surface area contributed by atoms with Crippen LogP contribution >= 0.6 is 0 Å². The number of nitrogens with zero attached hydrogens (tertiary/aromatic N) is 5. The molecule has 3 N–H and O–H groups in total. The number of aryl methyl sites for hydroxylation is 2. The zero-order valence-electron chi connectivity index (χ0n) is 27.5. The van der Waals surface area contributed by atoms with Crippen LogP contribution in [0.25, 0.3) is 33.6 Å². The summed E-state index contributed by atoms with van der Waals surface area (Å²) < 4.78 is 10.2. The van der Waals surface area contributed by atoms with Crippen molar-refractivity contribution >= 4 is 33.9 Å². The molecule has 10 heteroatoms. The van der Waals surface area contributed by atoms with Gasteiger partial charge in [0, 0.05) is 48.6 Å². The molecule has 1 fully saturated rings. The molecule has 2 amide bonds. The highest BCUT2D eigenvalue weighted by Gasteiger charge is 2.31. The summed E-state index contributed by atoms with van der Waals surface area (Å²) in [7, 11) is 3.63. The molecule has 2 aliphatic rings. The van der Waals surface area contributed by atoms with Crippen molar-refractivity contribution in [2.75, 3.05) is 13.7 Å². The van der Waals surface area contributed by atoms with E-state index in [1.165, 1.54) is 0 Å². The summed E-state index contributed by atoms with van der Waals surface area (Å²) in [5.74, 6) is 1.41. The van der Waals surface area contributed by atoms with Crippen LogP contribution in [0.4, 0.5) is 0 Å². The maximum atomic E-state index is 13.7. The normalized spacial score (nSPS) is 22.9. The lowest BCUT2D eigenvalue weighted by Crippen LogP contribution is -2.50. The van der Waals surface area contributed by atoms with E-state index >= 15 is 0 Å². The number of benzene rings is 1. The summed E-state index contributed by atoms with van der Waals surface area (Å²) in [5, 5.41) is 4.23. The molecule has 5 heterocycles. The number of methoxy groups -OCH3 is 1. The molecular weight excluding hydrogens is 566 g/mol. The molecule has 0 spiro atoms. The van der Waals surface area contributed by atoms with E-state index in [2.05, 4.69) is 33.5 Å². The third-order valence-electron chi connectivity index (χ3n) is 9.91. The van der Waals surface area contributed by atoms with Gasteiger partial charge in [-0.05, 0) is 69.9 Å². The van der Waals surface area contributed by atoms with Gasteiger partial charge in [-0.2, -0.15) is 0 Å². The van der Waals surface area contributed by atoms with E-state index in [4.69, 9.17) is 20.4 Å². The lowest BCUT2D eigenvalue weighted by Gasteiger charge is -2.36. The van der Waals surface area contributed by atoms with Crippen LogP contribution in [0.2, 0.25) is 0 Å². The highest BCUT2D eigenvalue weighted by molar-refractivity contribution is 6.00. The molecule has 4 aromatic rings. The van der Waals surface area contributed by atoms with E-state index in [1.54, 1.807) is 7.11 Å². The zero-order valence-corrected chi connectivity index (χ0v) is 27.5. The third-order valence-corrected chi connectivity index (χ3v) is 9.91. The lowest BCUT2D eigenvalue weighted by molar-refractivity contribution is -0.130. The van der Waals surface area contributed by atoms with Crippen LogP contribution in [0.5, 0.6) is 5.75 Å². The van der Waals surface area contributed by atoms with Gasteiger partial charge in [0.25, 0.3) is 5.91 Å². The molecule has 3 atom stereocenters. The Kier molecular flexibility index (Phi) is 8.37. The number of aromatic nitrogens is 4. The smallest absolute Gasteiger partial charge is 0.254 e. The second-order valence-electron chi connectivity index (χ2n) is 13.8. The molecule has 2 aliphatic heterocycles. The zero-order chi connectivity index (χ0) is 32.0. The van der Waals surface area contributed by atoms with Crippen molar-refractivity contribution in [2.24, 2.45) is 18.2 Å². The summed E-state index contributed by atoms with van der Waals surface area (Å²) in [6.45, 7) is 9.49. The molecule has 10 nitrogen and oxygen atoms in total. The fourth-order valence-corrected chi connectivity index (χ4v) is 6.97. The molecule has 6 rings (SSSR count). The van der Waals surface area contributed by atoms with Crippen molar-refractivity contribution in [2.45, 2.75) is 97.3 Å². The van der Waals surface area contributed by atoms with Gasteiger partial charge < -0.3 is 29.8 Å². The van der Waals surface area contributed by atoms with E-state index < -0.39 is 5.41 Å². The number of ether oxygens (including phenoxy) is 1. The first-order chi connectivity index (χ1) is 21.5. The van der Waals surface area contributed by atoms with Crippen molar-refractivity contribution < 1.29 is 14.3 Å². The van der Waals surface area contributed by atoms with Gasteiger partial charge in [0.05, 0.1) is 30.1 Å². The fraction of sp³-hybridized carbons (Fsp3) is 0.543. The molecule has 240 valence electrons. The molecule has 1 aromatic carbocycles. The number of rotatable bonds is 3. The molecule has 2 bridgehead atoms. The predicted molar refractivity (Wildman–Crippen MR) is 177 cm³/mol. The number of nitrogens with two attached hydrogens (primary N) is 1. The van der Waals surface area contributed by atoms with E-state index in [0.717, 1.165) is 85.3 Å². The van der Waals surface area contributed by atoms with Gasteiger partial charge >= 0.3 is 0 Å². The summed E-state index contributed by atoms with van der Waals surface area (Å²) in [4.78, 5) is 38.9. The Balaban J connectivity index is 1.44. The molecule has 1 saturated heterocycles. The lowest BCUT2D eigenvalue weighted by atomic mass is 9.85. The largest absolute Gasteiger partial charge is 0.494 e. The molecule has 0 aliphatic carbocycles. The topological polar surface area (TPSA) is 120 Å². The molecular formula is C35H47N7O3.